The number of hydrogen-bond acceptors (Lipinski definition) is 10. The number of carbonyl (C=O) groups is 1. The molecule has 11 heteroatoms. The third kappa shape index (κ3) is 7.46. The fraction of sp³-hybridized carbons (Fsp3) is 0.500. The Labute approximate surface area is 216 Å². The fourth-order valence-electron chi connectivity index (χ4n) is 3.90. The van der Waals surface area contributed by atoms with Crippen molar-refractivity contribution in [2.75, 3.05) is 37.7 Å². The minimum absolute atomic E-state index is 0.000154. The number of aliphatic hydroxyl groups is 1. The van der Waals surface area contributed by atoms with Crippen LogP contribution in [0.3, 0.4) is 0 Å². The molecular formula is C26H36N6O5. The largest absolute Gasteiger partial charge is 0.490 e. The molecule has 0 bridgehead atoms. The van der Waals surface area contributed by atoms with Crippen molar-refractivity contribution in [3.05, 3.63) is 35.0 Å². The Morgan fingerprint density at radius 3 is 2.57 bits per heavy atom. The lowest BCUT2D eigenvalue weighted by Crippen LogP contribution is -2.32. The summed E-state index contributed by atoms with van der Waals surface area (Å²) in [6.45, 7) is 12.2. The molecule has 0 radical (unpaired) electrons. The van der Waals surface area contributed by atoms with Crippen LogP contribution in [0.5, 0.6) is 5.75 Å². The molecule has 0 saturated carbocycles. The molecule has 0 aliphatic rings. The molecule has 3 aromatic rings. The van der Waals surface area contributed by atoms with Gasteiger partial charge < -0.3 is 29.7 Å². The van der Waals surface area contributed by atoms with Crippen LogP contribution in [0.25, 0.3) is 23.0 Å². The number of hydrogen-bond donors (Lipinski definition) is 3. The van der Waals surface area contributed by atoms with E-state index in [0.717, 1.165) is 35.5 Å². The molecule has 0 spiro atoms. The number of ether oxygens (including phenoxy) is 1. The highest BCUT2D eigenvalue weighted by Crippen LogP contribution is 2.31. The molecule has 2 aromatic heterocycles. The number of nitrogens with one attached hydrogen (secondary N) is 1. The zero-order valence-electron chi connectivity index (χ0n) is 22.1. The second kappa shape index (κ2) is 13.1. The van der Waals surface area contributed by atoms with Crippen molar-refractivity contribution in [3.8, 4) is 28.7 Å². The minimum Gasteiger partial charge on any atom is -0.490 e. The van der Waals surface area contributed by atoms with Crippen molar-refractivity contribution in [2.45, 2.75) is 53.6 Å². The van der Waals surface area contributed by atoms with Crippen LogP contribution in [-0.2, 0) is 11.2 Å². The van der Waals surface area contributed by atoms with Gasteiger partial charge in [-0.3, -0.25) is 4.79 Å². The molecule has 0 unspecified atom stereocenters. The molecule has 1 atom stereocenters. The Balaban J connectivity index is 1.76. The second-order valence-electron chi connectivity index (χ2n) is 8.74. The molecule has 0 aliphatic heterocycles. The highest BCUT2D eigenvalue weighted by Gasteiger charge is 2.18. The number of anilines is 1. The third-order valence-electron chi connectivity index (χ3n) is 5.84. The summed E-state index contributed by atoms with van der Waals surface area (Å²) in [6.07, 6.45) is -0.0604. The van der Waals surface area contributed by atoms with Crippen LogP contribution in [0.1, 0.15) is 44.0 Å². The van der Waals surface area contributed by atoms with E-state index in [9.17, 15) is 9.90 Å². The first-order chi connectivity index (χ1) is 17.7. The first-order valence-electron chi connectivity index (χ1n) is 12.6. The maximum absolute atomic E-state index is 10.6. The van der Waals surface area contributed by atoms with E-state index >= 15 is 0 Å². The Morgan fingerprint density at radius 1 is 1.14 bits per heavy atom. The number of aliphatic hydroxyl groups excluding tert-OH is 1. The van der Waals surface area contributed by atoms with Gasteiger partial charge in [0.25, 0.3) is 5.89 Å². The summed E-state index contributed by atoms with van der Waals surface area (Å²) in [7, 11) is 0. The number of benzene rings is 1. The number of aryl methyl sites for hydroxylation is 3. The highest BCUT2D eigenvalue weighted by atomic mass is 16.5. The summed E-state index contributed by atoms with van der Waals surface area (Å²) < 4.78 is 11.5. The van der Waals surface area contributed by atoms with Crippen molar-refractivity contribution in [1.29, 1.82) is 0 Å². The molecule has 37 heavy (non-hydrogen) atoms. The van der Waals surface area contributed by atoms with E-state index in [1.165, 1.54) is 0 Å². The molecule has 1 aromatic carbocycles. The normalized spacial score (nSPS) is 11.9. The predicted octanol–water partition coefficient (Wildman–Crippen LogP) is 3.02. The molecule has 0 amide bonds. The second-order valence-corrected chi connectivity index (χ2v) is 8.74. The summed E-state index contributed by atoms with van der Waals surface area (Å²) in [5.41, 5.74) is 4.02. The summed E-state index contributed by atoms with van der Waals surface area (Å²) in [5, 5.41) is 26.0. The smallest absolute Gasteiger partial charge is 0.304 e. The highest BCUT2D eigenvalue weighted by molar-refractivity contribution is 5.66. The van der Waals surface area contributed by atoms with Gasteiger partial charge in [0, 0.05) is 37.4 Å². The van der Waals surface area contributed by atoms with Gasteiger partial charge >= 0.3 is 5.97 Å². The maximum Gasteiger partial charge on any atom is 0.304 e. The van der Waals surface area contributed by atoms with Gasteiger partial charge in [-0.15, -0.1) is 0 Å². The SMILES string of the molecule is CCc1cc(-c2noc(-c3cc(C)nc(N(CC)CC)n3)n2)cc(C)c1OC[C@@H](O)CNCCC(=O)O. The predicted molar refractivity (Wildman–Crippen MR) is 140 cm³/mol. The van der Waals surface area contributed by atoms with E-state index < -0.39 is 12.1 Å². The number of rotatable bonds is 14. The molecule has 3 rings (SSSR count). The van der Waals surface area contributed by atoms with Crippen molar-refractivity contribution in [3.63, 3.8) is 0 Å². The van der Waals surface area contributed by atoms with Crippen LogP contribution in [0, 0.1) is 13.8 Å². The monoisotopic (exact) mass is 512 g/mol. The summed E-state index contributed by atoms with van der Waals surface area (Å²) in [4.78, 5) is 26.4. The van der Waals surface area contributed by atoms with Crippen LogP contribution in [-0.4, -0.2) is 75.2 Å². The van der Waals surface area contributed by atoms with Gasteiger partial charge in [0.15, 0.2) is 0 Å². The van der Waals surface area contributed by atoms with Crippen LogP contribution in [0.2, 0.25) is 0 Å². The van der Waals surface area contributed by atoms with E-state index in [1.54, 1.807) is 0 Å². The molecular weight excluding hydrogens is 476 g/mol. The topological polar surface area (TPSA) is 147 Å². The van der Waals surface area contributed by atoms with Gasteiger partial charge in [-0.25, -0.2) is 9.97 Å². The number of aromatic nitrogens is 4. The first-order valence-corrected chi connectivity index (χ1v) is 12.6. The maximum atomic E-state index is 10.6. The zero-order chi connectivity index (χ0) is 26.9. The van der Waals surface area contributed by atoms with E-state index in [-0.39, 0.29) is 19.6 Å². The van der Waals surface area contributed by atoms with Crippen molar-refractivity contribution in [2.24, 2.45) is 0 Å². The molecule has 3 N–H and O–H groups in total. The molecule has 11 nitrogen and oxygen atoms in total. The fourth-order valence-corrected chi connectivity index (χ4v) is 3.90. The number of carboxylic acid groups (broad SMARTS) is 1. The van der Waals surface area contributed by atoms with Gasteiger partial charge in [-0.2, -0.15) is 4.98 Å². The number of aliphatic carboxylic acids is 1. The van der Waals surface area contributed by atoms with Gasteiger partial charge in [0.2, 0.25) is 11.8 Å². The molecule has 0 saturated heterocycles. The van der Waals surface area contributed by atoms with E-state index in [0.29, 0.717) is 42.1 Å². The third-order valence-corrected chi connectivity index (χ3v) is 5.84. The van der Waals surface area contributed by atoms with Crippen LogP contribution < -0.4 is 15.0 Å². The Kier molecular flexibility index (Phi) is 9.93. The Morgan fingerprint density at radius 2 is 1.89 bits per heavy atom. The van der Waals surface area contributed by atoms with Crippen molar-refractivity contribution >= 4 is 11.9 Å². The quantitative estimate of drug-likeness (QED) is 0.274. The van der Waals surface area contributed by atoms with E-state index in [4.69, 9.17) is 14.4 Å². The van der Waals surface area contributed by atoms with Crippen LogP contribution in [0.4, 0.5) is 5.95 Å². The van der Waals surface area contributed by atoms with Crippen molar-refractivity contribution in [1.82, 2.24) is 25.4 Å². The standard InChI is InChI=1S/C26H36N6O5/c1-6-18-13-19(11-16(4)23(18)36-15-20(33)14-27-10-9-22(34)35)24-30-25(37-31-24)21-12-17(5)28-26(29-21)32(7-2)8-3/h11-13,20,27,33H,6-10,14-15H2,1-5H3,(H,34,35)/t20-/m0/s1. The Bertz CT molecular complexity index is 1190. The summed E-state index contributed by atoms with van der Waals surface area (Å²) in [5.74, 6) is 1.22. The Hall–Kier alpha value is -3.57. The first kappa shape index (κ1) is 28.0. The van der Waals surface area contributed by atoms with E-state index in [2.05, 4.69) is 44.2 Å². The summed E-state index contributed by atoms with van der Waals surface area (Å²) >= 11 is 0. The lowest BCUT2D eigenvalue weighted by Gasteiger charge is -2.18. The number of nitrogens with zero attached hydrogens (tertiary/aromatic N) is 5. The average molecular weight is 513 g/mol. The van der Waals surface area contributed by atoms with Gasteiger partial charge in [0.1, 0.15) is 24.2 Å². The van der Waals surface area contributed by atoms with E-state index in [1.807, 2.05) is 39.0 Å². The minimum atomic E-state index is -0.883. The molecule has 2 heterocycles. The van der Waals surface area contributed by atoms with Crippen molar-refractivity contribution < 1.29 is 24.3 Å². The zero-order valence-corrected chi connectivity index (χ0v) is 22.1. The van der Waals surface area contributed by atoms with Gasteiger partial charge in [-0.05, 0) is 63.4 Å². The van der Waals surface area contributed by atoms with Gasteiger partial charge in [-0.1, -0.05) is 12.1 Å². The van der Waals surface area contributed by atoms with Gasteiger partial charge in [0.05, 0.1) is 6.42 Å². The molecule has 0 fully saturated rings. The average Bonchev–Trinajstić information content (AvgIpc) is 3.36. The summed E-state index contributed by atoms with van der Waals surface area (Å²) in [6, 6.07) is 5.71. The molecule has 200 valence electrons. The number of carboxylic acids is 1. The van der Waals surface area contributed by atoms with Crippen LogP contribution >= 0.6 is 0 Å². The van der Waals surface area contributed by atoms with Crippen LogP contribution in [0.15, 0.2) is 22.7 Å². The lowest BCUT2D eigenvalue weighted by atomic mass is 10.0. The molecule has 0 aliphatic carbocycles. The lowest BCUT2D eigenvalue weighted by molar-refractivity contribution is -0.136.